The van der Waals surface area contributed by atoms with Crippen molar-refractivity contribution in [2.45, 2.75) is 26.9 Å². The van der Waals surface area contributed by atoms with E-state index in [4.69, 9.17) is 15.2 Å². The monoisotopic (exact) mass is 376 g/mol. The minimum atomic E-state index is -1.05. The van der Waals surface area contributed by atoms with Crippen molar-refractivity contribution in [1.82, 2.24) is 0 Å². The number of aryl methyl sites for hydroxylation is 2. The number of thiophene rings is 1. The van der Waals surface area contributed by atoms with E-state index in [1.54, 1.807) is 11.4 Å². The minimum absolute atomic E-state index is 0.208. The molecule has 1 atom stereocenters. The maximum Gasteiger partial charge on any atom is 0.344 e. The fourth-order valence-electron chi connectivity index (χ4n) is 2.20. The number of carbonyl (C=O) groups excluding carboxylic acids is 3. The Morgan fingerprint density at radius 2 is 1.96 bits per heavy atom. The molecule has 0 unspecified atom stereocenters. The molecule has 2 amide bonds. The van der Waals surface area contributed by atoms with Gasteiger partial charge in [-0.05, 0) is 43.8 Å². The summed E-state index contributed by atoms with van der Waals surface area (Å²) in [6, 6.07) is 7.10. The number of rotatable bonds is 7. The first kappa shape index (κ1) is 19.5. The van der Waals surface area contributed by atoms with Crippen molar-refractivity contribution in [2.75, 3.05) is 11.9 Å². The first-order chi connectivity index (χ1) is 12.3. The number of amides is 2. The number of hydrogen-bond donors (Lipinski definition) is 2. The van der Waals surface area contributed by atoms with E-state index in [-0.39, 0.29) is 12.2 Å². The zero-order valence-electron chi connectivity index (χ0n) is 14.7. The van der Waals surface area contributed by atoms with Crippen LogP contribution in [0.5, 0.6) is 5.75 Å². The summed E-state index contributed by atoms with van der Waals surface area (Å²) in [6.45, 7) is 4.96. The van der Waals surface area contributed by atoms with Crippen LogP contribution < -0.4 is 15.8 Å². The smallest absolute Gasteiger partial charge is 0.344 e. The van der Waals surface area contributed by atoms with Gasteiger partial charge in [0.15, 0.2) is 12.7 Å². The molecule has 0 saturated heterocycles. The Balaban J connectivity index is 1.86. The van der Waals surface area contributed by atoms with Crippen LogP contribution in [0.15, 0.2) is 29.6 Å². The average Bonchev–Trinajstić information content (AvgIpc) is 3.02. The molecule has 1 aromatic carbocycles. The Kier molecular flexibility index (Phi) is 6.35. The van der Waals surface area contributed by atoms with E-state index < -0.39 is 23.9 Å². The van der Waals surface area contributed by atoms with Crippen LogP contribution in [0.1, 0.15) is 28.4 Å². The fraction of sp³-hybridized carbons (Fsp3) is 0.278. The SMILES string of the molecule is Cc1ccc(OCC(=O)O[C@H](C)C(=O)Nc2sccc2C(N)=O)c(C)c1. The van der Waals surface area contributed by atoms with Crippen molar-refractivity contribution in [3.05, 3.63) is 46.3 Å². The molecule has 26 heavy (non-hydrogen) atoms. The quantitative estimate of drug-likeness (QED) is 0.722. The summed E-state index contributed by atoms with van der Waals surface area (Å²) in [4.78, 5) is 35.3. The van der Waals surface area contributed by atoms with Gasteiger partial charge in [0, 0.05) is 0 Å². The number of anilines is 1. The highest BCUT2D eigenvalue weighted by Crippen LogP contribution is 2.23. The Morgan fingerprint density at radius 3 is 2.62 bits per heavy atom. The van der Waals surface area contributed by atoms with Crippen LogP contribution in [0.3, 0.4) is 0 Å². The molecule has 3 N–H and O–H groups in total. The van der Waals surface area contributed by atoms with E-state index >= 15 is 0 Å². The van der Waals surface area contributed by atoms with Gasteiger partial charge in [-0.2, -0.15) is 0 Å². The number of benzene rings is 1. The summed E-state index contributed by atoms with van der Waals surface area (Å²) in [5.74, 6) is -1.30. The molecule has 138 valence electrons. The molecule has 0 radical (unpaired) electrons. The molecular formula is C18H20N2O5S. The predicted octanol–water partition coefficient (Wildman–Crippen LogP) is 2.41. The standard InChI is InChI=1S/C18H20N2O5S/c1-10-4-5-14(11(2)8-10)24-9-15(21)25-12(3)17(23)20-18-13(16(19)22)6-7-26-18/h4-8,12H,9H2,1-3H3,(H2,19,22)(H,20,23)/t12-/m1/s1. The largest absolute Gasteiger partial charge is 0.482 e. The summed E-state index contributed by atoms with van der Waals surface area (Å²) in [6.07, 6.45) is -1.05. The molecule has 2 rings (SSSR count). The number of hydrogen-bond acceptors (Lipinski definition) is 6. The number of ether oxygens (including phenoxy) is 2. The molecule has 0 spiro atoms. The van der Waals surface area contributed by atoms with Crippen molar-refractivity contribution in [3.63, 3.8) is 0 Å². The van der Waals surface area contributed by atoms with Crippen LogP contribution in [-0.2, 0) is 14.3 Å². The topological polar surface area (TPSA) is 108 Å². The summed E-state index contributed by atoms with van der Waals surface area (Å²) >= 11 is 1.15. The van der Waals surface area contributed by atoms with Gasteiger partial charge >= 0.3 is 5.97 Å². The highest BCUT2D eigenvalue weighted by Gasteiger charge is 2.21. The van der Waals surface area contributed by atoms with Crippen LogP contribution in [0, 0.1) is 13.8 Å². The van der Waals surface area contributed by atoms with Gasteiger partial charge in [0.05, 0.1) is 5.56 Å². The molecule has 2 aromatic rings. The summed E-state index contributed by atoms with van der Waals surface area (Å²) in [5, 5.41) is 4.47. The predicted molar refractivity (Wildman–Crippen MR) is 98.4 cm³/mol. The molecule has 8 heteroatoms. The van der Waals surface area contributed by atoms with Crippen LogP contribution >= 0.6 is 11.3 Å². The van der Waals surface area contributed by atoms with Crippen LogP contribution in [0.2, 0.25) is 0 Å². The van der Waals surface area contributed by atoms with Crippen LogP contribution in [-0.4, -0.2) is 30.5 Å². The molecule has 0 bridgehead atoms. The second kappa shape index (κ2) is 8.48. The van der Waals surface area contributed by atoms with Crippen molar-refractivity contribution in [3.8, 4) is 5.75 Å². The van der Waals surface area contributed by atoms with Gasteiger partial charge in [-0.1, -0.05) is 17.7 Å². The normalized spacial score (nSPS) is 11.5. The second-order valence-electron chi connectivity index (χ2n) is 5.71. The first-order valence-corrected chi connectivity index (χ1v) is 8.73. The van der Waals surface area contributed by atoms with Gasteiger partial charge < -0.3 is 20.5 Å². The summed E-state index contributed by atoms with van der Waals surface area (Å²) < 4.78 is 10.5. The number of carbonyl (C=O) groups is 3. The highest BCUT2D eigenvalue weighted by atomic mass is 32.1. The first-order valence-electron chi connectivity index (χ1n) is 7.85. The number of primary amides is 1. The molecule has 1 heterocycles. The molecule has 1 aromatic heterocycles. The van der Waals surface area contributed by atoms with Crippen LogP contribution in [0.25, 0.3) is 0 Å². The van der Waals surface area contributed by atoms with Gasteiger partial charge in [-0.3, -0.25) is 9.59 Å². The minimum Gasteiger partial charge on any atom is -0.482 e. The van der Waals surface area contributed by atoms with E-state index in [2.05, 4.69) is 5.32 Å². The number of esters is 1. The van der Waals surface area contributed by atoms with E-state index in [9.17, 15) is 14.4 Å². The maximum atomic E-state index is 12.1. The molecule has 7 nitrogen and oxygen atoms in total. The van der Waals surface area contributed by atoms with E-state index in [1.165, 1.54) is 13.0 Å². The fourth-order valence-corrected chi connectivity index (χ4v) is 2.99. The van der Waals surface area contributed by atoms with E-state index in [0.29, 0.717) is 10.8 Å². The average molecular weight is 376 g/mol. The molecule has 0 aliphatic rings. The summed E-state index contributed by atoms with van der Waals surface area (Å²) in [7, 11) is 0. The Labute approximate surface area is 155 Å². The van der Waals surface area contributed by atoms with Crippen LogP contribution in [0.4, 0.5) is 5.00 Å². The van der Waals surface area contributed by atoms with Crippen molar-refractivity contribution >= 4 is 34.1 Å². The van der Waals surface area contributed by atoms with Gasteiger partial charge in [0.25, 0.3) is 11.8 Å². The Hall–Kier alpha value is -2.87. The van der Waals surface area contributed by atoms with Crippen molar-refractivity contribution in [2.24, 2.45) is 5.73 Å². The zero-order chi connectivity index (χ0) is 19.3. The summed E-state index contributed by atoms with van der Waals surface area (Å²) in [5.41, 5.74) is 7.42. The van der Waals surface area contributed by atoms with Crippen molar-refractivity contribution < 1.29 is 23.9 Å². The lowest BCUT2D eigenvalue weighted by Gasteiger charge is -2.14. The van der Waals surface area contributed by atoms with E-state index in [1.807, 2.05) is 26.0 Å². The number of nitrogens with one attached hydrogen (secondary N) is 1. The lowest BCUT2D eigenvalue weighted by atomic mass is 10.1. The Bertz CT molecular complexity index is 831. The zero-order valence-corrected chi connectivity index (χ0v) is 15.5. The highest BCUT2D eigenvalue weighted by molar-refractivity contribution is 7.14. The number of nitrogens with two attached hydrogens (primary N) is 1. The Morgan fingerprint density at radius 1 is 1.23 bits per heavy atom. The lowest BCUT2D eigenvalue weighted by Crippen LogP contribution is -2.32. The maximum absolute atomic E-state index is 12.1. The third-order valence-corrected chi connectivity index (χ3v) is 4.35. The third kappa shape index (κ3) is 5.06. The second-order valence-corrected chi connectivity index (χ2v) is 6.62. The van der Waals surface area contributed by atoms with Gasteiger partial charge in [0.1, 0.15) is 10.8 Å². The lowest BCUT2D eigenvalue weighted by molar-refractivity contribution is -0.155. The molecule has 0 aliphatic heterocycles. The molecule has 0 saturated carbocycles. The van der Waals surface area contributed by atoms with Gasteiger partial charge in [-0.15, -0.1) is 11.3 Å². The molecule has 0 fully saturated rings. The van der Waals surface area contributed by atoms with E-state index in [0.717, 1.165) is 22.5 Å². The van der Waals surface area contributed by atoms with Crippen molar-refractivity contribution in [1.29, 1.82) is 0 Å². The van der Waals surface area contributed by atoms with Gasteiger partial charge in [0.2, 0.25) is 0 Å². The third-order valence-electron chi connectivity index (χ3n) is 3.52. The molecular weight excluding hydrogens is 356 g/mol. The van der Waals surface area contributed by atoms with Gasteiger partial charge in [-0.25, -0.2) is 4.79 Å². The molecule has 0 aliphatic carbocycles.